The molecule has 1 N–H and O–H groups in total. The molecule has 4 heterocycles. The van der Waals surface area contributed by atoms with Gasteiger partial charge < -0.3 is 19.5 Å². The van der Waals surface area contributed by atoms with Gasteiger partial charge in [0, 0.05) is 50.6 Å². The van der Waals surface area contributed by atoms with Gasteiger partial charge >= 0.3 is 11.8 Å². The Hall–Kier alpha value is -3.49. The summed E-state index contributed by atoms with van der Waals surface area (Å²) in [5.74, 6) is -1.74. The van der Waals surface area contributed by atoms with Crippen molar-refractivity contribution >= 4 is 23.1 Å². The Labute approximate surface area is 167 Å². The molecular formula is C20H21FN6O2. The number of amides is 2. The minimum atomic E-state index is -0.701. The van der Waals surface area contributed by atoms with Crippen LogP contribution in [-0.4, -0.2) is 57.3 Å². The molecule has 1 aliphatic heterocycles. The molecule has 0 bridgehead atoms. The molecule has 0 aromatic carbocycles. The van der Waals surface area contributed by atoms with Crippen LogP contribution >= 0.6 is 0 Å². The lowest BCUT2D eigenvalue weighted by atomic mass is 10.2. The number of hydrogen-bond donors (Lipinski definition) is 1. The van der Waals surface area contributed by atoms with E-state index in [-0.39, 0.29) is 18.2 Å². The molecule has 3 aromatic heterocycles. The molecule has 3 aromatic rings. The van der Waals surface area contributed by atoms with Crippen LogP contribution in [0.4, 0.5) is 10.1 Å². The van der Waals surface area contributed by atoms with Gasteiger partial charge in [0.05, 0.1) is 18.3 Å². The standard InChI is InChI=1S/C20H21FN6O2/c1-25(16-6-10-26(13-16)15-4-7-22-8-5-15)20(29)19(28)23-11-14-12-27-9-2-3-17(21)18(27)24-14/h2-5,7-9,12,16H,6,10-11,13H2,1H3,(H,23,28). The van der Waals surface area contributed by atoms with Gasteiger partial charge in [-0.25, -0.2) is 9.37 Å². The zero-order valence-corrected chi connectivity index (χ0v) is 16.0. The molecule has 0 radical (unpaired) electrons. The van der Waals surface area contributed by atoms with Gasteiger partial charge in [-0.15, -0.1) is 0 Å². The summed E-state index contributed by atoms with van der Waals surface area (Å²) >= 11 is 0. The van der Waals surface area contributed by atoms with E-state index in [4.69, 9.17) is 0 Å². The lowest BCUT2D eigenvalue weighted by Crippen LogP contribution is -2.46. The number of hydrogen-bond acceptors (Lipinski definition) is 5. The summed E-state index contributed by atoms with van der Waals surface area (Å²) in [6, 6.07) is 6.69. The van der Waals surface area contributed by atoms with E-state index in [1.54, 1.807) is 37.9 Å². The van der Waals surface area contributed by atoms with Gasteiger partial charge in [-0.1, -0.05) is 0 Å². The Morgan fingerprint density at radius 3 is 2.86 bits per heavy atom. The van der Waals surface area contributed by atoms with Crippen molar-refractivity contribution in [1.29, 1.82) is 0 Å². The number of nitrogens with zero attached hydrogens (tertiary/aromatic N) is 5. The minimum Gasteiger partial charge on any atom is -0.369 e. The Morgan fingerprint density at radius 2 is 2.10 bits per heavy atom. The molecule has 0 saturated carbocycles. The van der Waals surface area contributed by atoms with Crippen LogP contribution in [0.15, 0.2) is 49.1 Å². The van der Waals surface area contributed by atoms with Crippen LogP contribution in [0.3, 0.4) is 0 Å². The molecule has 2 amide bonds. The van der Waals surface area contributed by atoms with Crippen molar-refractivity contribution in [2.75, 3.05) is 25.0 Å². The Bertz CT molecular complexity index is 1040. The molecule has 150 valence electrons. The zero-order valence-electron chi connectivity index (χ0n) is 16.0. The van der Waals surface area contributed by atoms with E-state index in [1.165, 1.54) is 15.4 Å². The summed E-state index contributed by atoms with van der Waals surface area (Å²) in [6.07, 6.45) is 7.54. The summed E-state index contributed by atoms with van der Waals surface area (Å²) in [6.45, 7) is 1.51. The average Bonchev–Trinajstić information content (AvgIpc) is 3.39. The smallest absolute Gasteiger partial charge is 0.311 e. The SMILES string of the molecule is CN(C(=O)C(=O)NCc1cn2cccc(F)c2n1)C1CCN(c2ccncc2)C1. The molecule has 1 fully saturated rings. The van der Waals surface area contributed by atoms with Crippen molar-refractivity contribution < 1.29 is 14.0 Å². The van der Waals surface area contributed by atoms with Crippen LogP contribution < -0.4 is 10.2 Å². The fraction of sp³-hybridized carbons (Fsp3) is 0.300. The highest BCUT2D eigenvalue weighted by molar-refractivity contribution is 6.35. The number of nitrogens with one attached hydrogen (secondary N) is 1. The number of fused-ring (bicyclic) bond motifs is 1. The van der Waals surface area contributed by atoms with Crippen molar-refractivity contribution in [3.05, 3.63) is 60.6 Å². The van der Waals surface area contributed by atoms with Crippen LogP contribution in [-0.2, 0) is 16.1 Å². The number of pyridine rings is 2. The topological polar surface area (TPSA) is 82.8 Å². The van der Waals surface area contributed by atoms with Gasteiger partial charge in [-0.2, -0.15) is 0 Å². The van der Waals surface area contributed by atoms with Gasteiger partial charge in [0.15, 0.2) is 11.5 Å². The Morgan fingerprint density at radius 1 is 1.31 bits per heavy atom. The second-order valence-electron chi connectivity index (χ2n) is 7.01. The number of likely N-dealkylation sites (N-methyl/N-ethyl adjacent to an activating group) is 1. The fourth-order valence-corrected chi connectivity index (χ4v) is 3.53. The zero-order chi connectivity index (χ0) is 20.4. The highest BCUT2D eigenvalue weighted by atomic mass is 19.1. The van der Waals surface area contributed by atoms with Crippen molar-refractivity contribution in [2.24, 2.45) is 0 Å². The minimum absolute atomic E-state index is 0.0489. The van der Waals surface area contributed by atoms with E-state index in [0.717, 1.165) is 18.7 Å². The summed E-state index contributed by atoms with van der Waals surface area (Å²) < 4.78 is 15.3. The van der Waals surface area contributed by atoms with Gasteiger partial charge in [-0.05, 0) is 30.7 Å². The predicted molar refractivity (Wildman–Crippen MR) is 105 cm³/mol. The van der Waals surface area contributed by atoms with Crippen molar-refractivity contribution in [3.63, 3.8) is 0 Å². The second kappa shape index (κ2) is 7.86. The highest BCUT2D eigenvalue weighted by Gasteiger charge is 2.31. The third-order valence-electron chi connectivity index (χ3n) is 5.17. The van der Waals surface area contributed by atoms with Crippen LogP contribution in [0.1, 0.15) is 12.1 Å². The number of imidazole rings is 1. The monoisotopic (exact) mass is 396 g/mol. The number of carbonyl (C=O) groups excluding carboxylic acids is 2. The first-order chi connectivity index (χ1) is 14.0. The summed E-state index contributed by atoms with van der Waals surface area (Å²) in [5, 5.41) is 2.58. The number of aromatic nitrogens is 3. The van der Waals surface area contributed by atoms with E-state index in [0.29, 0.717) is 12.2 Å². The number of carbonyl (C=O) groups is 2. The van der Waals surface area contributed by atoms with Gasteiger partial charge in [-0.3, -0.25) is 14.6 Å². The lowest BCUT2D eigenvalue weighted by Gasteiger charge is -2.25. The highest BCUT2D eigenvalue weighted by Crippen LogP contribution is 2.21. The molecule has 4 rings (SSSR count). The average molecular weight is 396 g/mol. The molecule has 0 spiro atoms. The maximum absolute atomic E-state index is 13.7. The lowest BCUT2D eigenvalue weighted by molar-refractivity contribution is -0.146. The van der Waals surface area contributed by atoms with E-state index < -0.39 is 17.6 Å². The van der Waals surface area contributed by atoms with Gasteiger partial charge in [0.2, 0.25) is 0 Å². The Balaban J connectivity index is 1.34. The normalized spacial score (nSPS) is 16.2. The van der Waals surface area contributed by atoms with Crippen LogP contribution in [0, 0.1) is 5.82 Å². The molecule has 1 saturated heterocycles. The first kappa shape index (κ1) is 18.9. The number of halogens is 1. The van der Waals surface area contributed by atoms with Gasteiger partial charge in [0.1, 0.15) is 0 Å². The quantitative estimate of drug-likeness (QED) is 0.671. The Kier molecular flexibility index (Phi) is 5.11. The van der Waals surface area contributed by atoms with Crippen LogP contribution in [0.5, 0.6) is 0 Å². The molecule has 29 heavy (non-hydrogen) atoms. The van der Waals surface area contributed by atoms with Crippen molar-refractivity contribution in [2.45, 2.75) is 19.0 Å². The second-order valence-corrected chi connectivity index (χ2v) is 7.01. The van der Waals surface area contributed by atoms with Crippen molar-refractivity contribution in [1.82, 2.24) is 24.6 Å². The first-order valence-corrected chi connectivity index (χ1v) is 9.35. The maximum Gasteiger partial charge on any atom is 0.311 e. The molecule has 9 heteroatoms. The molecule has 1 aliphatic rings. The maximum atomic E-state index is 13.7. The molecule has 0 aliphatic carbocycles. The first-order valence-electron chi connectivity index (χ1n) is 9.35. The number of anilines is 1. The third-order valence-corrected chi connectivity index (χ3v) is 5.17. The summed E-state index contributed by atoms with van der Waals surface area (Å²) in [5.41, 5.74) is 1.71. The molecule has 1 atom stereocenters. The van der Waals surface area contributed by atoms with E-state index in [1.807, 2.05) is 12.1 Å². The van der Waals surface area contributed by atoms with Gasteiger partial charge in [0.25, 0.3) is 0 Å². The summed E-state index contributed by atoms with van der Waals surface area (Å²) in [4.78, 5) is 36.6. The molecular weight excluding hydrogens is 375 g/mol. The van der Waals surface area contributed by atoms with Crippen LogP contribution in [0.25, 0.3) is 5.65 Å². The summed E-state index contributed by atoms with van der Waals surface area (Å²) in [7, 11) is 1.64. The number of rotatable bonds is 4. The van der Waals surface area contributed by atoms with Crippen LogP contribution in [0.2, 0.25) is 0 Å². The van der Waals surface area contributed by atoms with E-state index >= 15 is 0 Å². The molecule has 8 nitrogen and oxygen atoms in total. The molecule has 1 unspecified atom stereocenters. The largest absolute Gasteiger partial charge is 0.369 e. The van der Waals surface area contributed by atoms with E-state index in [9.17, 15) is 14.0 Å². The predicted octanol–water partition coefficient (Wildman–Crippen LogP) is 1.22. The third kappa shape index (κ3) is 3.89. The van der Waals surface area contributed by atoms with Crippen molar-refractivity contribution in [3.8, 4) is 0 Å². The fourth-order valence-electron chi connectivity index (χ4n) is 3.53. The van der Waals surface area contributed by atoms with E-state index in [2.05, 4.69) is 20.2 Å².